The number of thiophene rings is 1. The fourth-order valence-corrected chi connectivity index (χ4v) is 10.8. The van der Waals surface area contributed by atoms with E-state index in [4.69, 9.17) is 16.6 Å². The van der Waals surface area contributed by atoms with Crippen LogP contribution in [0.3, 0.4) is 0 Å². The first-order chi connectivity index (χ1) is 30.5. The fourth-order valence-electron chi connectivity index (χ4n) is 9.57. The predicted molar refractivity (Wildman–Crippen MR) is 268 cm³/mol. The van der Waals surface area contributed by atoms with Crippen molar-refractivity contribution in [1.82, 2.24) is 4.98 Å². The molecule has 2 heterocycles. The smallest absolute Gasteiger partial charge is 0.0970 e. The first-order valence-electron chi connectivity index (χ1n) is 21.7. The molecule has 0 saturated heterocycles. The number of benzene rings is 7. The standard InChI is InChI=1S/C59H48N2S/c1-5-46(41-30-32-42(33-31-41)47-23-12-10-18-38(47)3)39(4)57(44-20-8-7-9-21-44)60-52(6-2)43-34-36-45(37-35-43)58-56-51-25-14-15-29-54(51)62-59(56)55-50(27-17-28-53(55)61-58)49-26-16-22-40-19-11-13-24-48(40)49/h6-38,46-47,57H,2,4-5H2,1,3H3/b60-52+/t38?,46?,47?,57-/m0/s1. The third-order valence-corrected chi connectivity index (χ3v) is 14.0. The van der Waals surface area contributed by atoms with Crippen LogP contribution in [0.5, 0.6) is 0 Å². The largest absolute Gasteiger partial charge is 0.272 e. The number of pyridine rings is 1. The lowest BCUT2D eigenvalue weighted by molar-refractivity contribution is 0.633. The molecule has 62 heavy (non-hydrogen) atoms. The molecule has 0 aliphatic heterocycles. The molecule has 0 fully saturated rings. The van der Waals surface area contributed by atoms with Gasteiger partial charge in [0.2, 0.25) is 0 Å². The summed E-state index contributed by atoms with van der Waals surface area (Å²) < 4.78 is 2.51. The minimum Gasteiger partial charge on any atom is -0.272 e. The third-order valence-electron chi connectivity index (χ3n) is 12.8. The predicted octanol–water partition coefficient (Wildman–Crippen LogP) is 16.4. The van der Waals surface area contributed by atoms with Crippen molar-refractivity contribution in [2.45, 2.75) is 38.1 Å². The van der Waals surface area contributed by atoms with Gasteiger partial charge in [-0.25, -0.2) is 4.98 Å². The number of aromatic nitrogens is 1. The summed E-state index contributed by atoms with van der Waals surface area (Å²) in [6.07, 6.45) is 11.7. The summed E-state index contributed by atoms with van der Waals surface area (Å²) in [4.78, 5) is 11.0. The van der Waals surface area contributed by atoms with Crippen LogP contribution in [-0.2, 0) is 0 Å². The monoisotopic (exact) mass is 816 g/mol. The molecule has 0 amide bonds. The summed E-state index contributed by atoms with van der Waals surface area (Å²) in [5.41, 5.74) is 12.1. The Morgan fingerprint density at radius 2 is 1.39 bits per heavy atom. The molecule has 0 bridgehead atoms. The molecule has 1 aliphatic carbocycles. The molecule has 3 unspecified atom stereocenters. The van der Waals surface area contributed by atoms with E-state index in [1.165, 1.54) is 58.6 Å². The molecule has 7 aromatic carbocycles. The molecule has 0 saturated carbocycles. The molecule has 2 nitrogen and oxygen atoms in total. The molecular formula is C59H48N2S. The van der Waals surface area contributed by atoms with Gasteiger partial charge in [-0.3, -0.25) is 4.99 Å². The Morgan fingerprint density at radius 3 is 2.16 bits per heavy atom. The van der Waals surface area contributed by atoms with Gasteiger partial charge in [-0.1, -0.05) is 203 Å². The van der Waals surface area contributed by atoms with E-state index in [2.05, 4.69) is 209 Å². The Kier molecular flexibility index (Phi) is 10.7. The minimum atomic E-state index is -0.255. The number of nitrogens with zero attached hydrogens (tertiary/aromatic N) is 2. The van der Waals surface area contributed by atoms with Crippen LogP contribution in [0.1, 0.15) is 60.4 Å². The van der Waals surface area contributed by atoms with E-state index in [0.717, 1.165) is 45.6 Å². The van der Waals surface area contributed by atoms with Crippen molar-refractivity contribution in [1.29, 1.82) is 0 Å². The summed E-state index contributed by atoms with van der Waals surface area (Å²) in [7, 11) is 0. The topological polar surface area (TPSA) is 25.2 Å². The molecule has 0 radical (unpaired) electrons. The van der Waals surface area contributed by atoms with Crippen LogP contribution in [0.4, 0.5) is 0 Å². The van der Waals surface area contributed by atoms with E-state index < -0.39 is 0 Å². The third kappa shape index (κ3) is 7.13. The van der Waals surface area contributed by atoms with Crippen LogP contribution in [0.25, 0.3) is 64.2 Å². The van der Waals surface area contributed by atoms with Crippen molar-refractivity contribution in [3.63, 3.8) is 0 Å². The van der Waals surface area contributed by atoms with E-state index in [-0.39, 0.29) is 12.0 Å². The number of fused-ring (bicyclic) bond motifs is 6. The molecule has 3 heteroatoms. The van der Waals surface area contributed by atoms with Gasteiger partial charge in [-0.2, -0.15) is 0 Å². The Balaban J connectivity index is 1.03. The van der Waals surface area contributed by atoms with Crippen LogP contribution in [0.2, 0.25) is 0 Å². The van der Waals surface area contributed by atoms with E-state index in [9.17, 15) is 0 Å². The molecule has 4 atom stereocenters. The molecule has 9 aromatic rings. The number of rotatable bonds is 11. The van der Waals surface area contributed by atoms with Gasteiger partial charge in [0.1, 0.15) is 0 Å². The first kappa shape index (κ1) is 39.2. The highest BCUT2D eigenvalue weighted by Crippen LogP contribution is 2.46. The van der Waals surface area contributed by atoms with Crippen molar-refractivity contribution in [2.24, 2.45) is 10.9 Å². The highest BCUT2D eigenvalue weighted by molar-refractivity contribution is 7.26. The minimum absolute atomic E-state index is 0.133. The Bertz CT molecular complexity index is 3210. The van der Waals surface area contributed by atoms with Gasteiger partial charge in [-0.05, 0) is 80.3 Å². The second kappa shape index (κ2) is 16.8. The molecule has 0 spiro atoms. The Hall–Kier alpha value is -6.94. The molecule has 2 aromatic heterocycles. The van der Waals surface area contributed by atoms with E-state index in [1.807, 2.05) is 17.4 Å². The van der Waals surface area contributed by atoms with Crippen molar-refractivity contribution in [2.75, 3.05) is 0 Å². The highest BCUT2D eigenvalue weighted by atomic mass is 32.1. The summed E-state index contributed by atoms with van der Waals surface area (Å²) in [5, 5.41) is 6.09. The summed E-state index contributed by atoms with van der Waals surface area (Å²) in [6, 6.07) is 58.8. The zero-order valence-electron chi connectivity index (χ0n) is 35.2. The van der Waals surface area contributed by atoms with E-state index >= 15 is 0 Å². The molecule has 1 aliphatic rings. The van der Waals surface area contributed by atoms with Gasteiger partial charge in [0, 0.05) is 43.0 Å². The maximum Gasteiger partial charge on any atom is 0.0970 e. The second-order valence-electron chi connectivity index (χ2n) is 16.5. The Labute approximate surface area is 368 Å². The van der Waals surface area contributed by atoms with Gasteiger partial charge >= 0.3 is 0 Å². The molecule has 0 N–H and O–H groups in total. The van der Waals surface area contributed by atoms with Gasteiger partial charge in [0.25, 0.3) is 0 Å². The summed E-state index contributed by atoms with van der Waals surface area (Å²) in [5.74, 6) is 0.997. The van der Waals surface area contributed by atoms with Crippen LogP contribution in [0.15, 0.2) is 218 Å². The van der Waals surface area contributed by atoms with Crippen LogP contribution < -0.4 is 0 Å². The van der Waals surface area contributed by atoms with Gasteiger partial charge in [0.15, 0.2) is 0 Å². The normalized spacial score (nSPS) is 16.3. The zero-order valence-corrected chi connectivity index (χ0v) is 36.0. The quantitative estimate of drug-likeness (QED) is 0.0943. The lowest BCUT2D eigenvalue weighted by Crippen LogP contribution is -2.12. The lowest BCUT2D eigenvalue weighted by Gasteiger charge is -2.26. The maximum atomic E-state index is 5.50. The average molecular weight is 817 g/mol. The van der Waals surface area contributed by atoms with Gasteiger partial charge < -0.3 is 0 Å². The number of aliphatic imine (C=N–C) groups is 1. The van der Waals surface area contributed by atoms with Crippen molar-refractivity contribution in [3.05, 3.63) is 235 Å². The number of hydrogen-bond donors (Lipinski definition) is 0. The molecule has 10 rings (SSSR count). The second-order valence-corrected chi connectivity index (χ2v) is 17.5. The van der Waals surface area contributed by atoms with E-state index in [1.54, 1.807) is 0 Å². The SMILES string of the molecule is C=C/C(=N\[C@@H](C(=C)C(CC)c1ccc(C2C=CC=CC2C)cc1)c1ccccc1)c1ccc(-c2nc3cccc(-c4cccc5ccccc45)c3c3sc4ccccc4c23)cc1. The van der Waals surface area contributed by atoms with E-state index in [0.29, 0.717) is 11.8 Å². The highest BCUT2D eigenvalue weighted by Gasteiger charge is 2.25. The van der Waals surface area contributed by atoms with Crippen molar-refractivity contribution >= 4 is 58.9 Å². The zero-order chi connectivity index (χ0) is 42.2. The number of allylic oxidation sites excluding steroid dienone is 5. The maximum absolute atomic E-state index is 5.50. The van der Waals surface area contributed by atoms with Crippen LogP contribution in [0, 0.1) is 5.92 Å². The first-order valence-corrected chi connectivity index (χ1v) is 22.5. The lowest BCUT2D eigenvalue weighted by atomic mass is 9.81. The Morgan fingerprint density at radius 1 is 0.694 bits per heavy atom. The summed E-state index contributed by atoms with van der Waals surface area (Å²) in [6.45, 7) is 13.6. The average Bonchev–Trinajstić information content (AvgIpc) is 3.72. The molecule has 300 valence electrons. The van der Waals surface area contributed by atoms with Gasteiger partial charge in [-0.15, -0.1) is 11.3 Å². The number of hydrogen-bond acceptors (Lipinski definition) is 3. The fraction of sp³-hybridized carbons (Fsp3) is 0.119. The van der Waals surface area contributed by atoms with Crippen molar-refractivity contribution in [3.8, 4) is 22.4 Å². The van der Waals surface area contributed by atoms with Gasteiger partial charge in [0.05, 0.1) is 23.0 Å². The molecular weight excluding hydrogens is 769 g/mol. The summed E-state index contributed by atoms with van der Waals surface area (Å²) >= 11 is 1.86. The van der Waals surface area contributed by atoms with Crippen LogP contribution >= 0.6 is 11.3 Å². The van der Waals surface area contributed by atoms with Crippen molar-refractivity contribution < 1.29 is 0 Å². The van der Waals surface area contributed by atoms with Crippen LogP contribution in [-0.4, -0.2) is 10.7 Å².